The molecule has 0 spiro atoms. The number of carbonyl (C=O) groups excluding carboxylic acids is 1. The number of thioether (sulfide) groups is 1. The Morgan fingerprint density at radius 2 is 2.50 bits per heavy atom. The Hall–Kier alpha value is -0.970. The SMILES string of the molecule is CCSC1=CC2CC(=O)N2[C@H]1C(=O)O. The highest BCUT2D eigenvalue weighted by Crippen LogP contribution is 2.39. The molecular formula is C9H11NO3S. The van der Waals surface area contributed by atoms with Crippen LogP contribution in [-0.4, -0.2) is 39.7 Å². The zero-order valence-corrected chi connectivity index (χ0v) is 8.58. The van der Waals surface area contributed by atoms with Crippen molar-refractivity contribution < 1.29 is 14.7 Å². The Bertz CT molecular complexity index is 326. The molecule has 2 aliphatic heterocycles. The predicted molar refractivity (Wildman–Crippen MR) is 52.9 cm³/mol. The van der Waals surface area contributed by atoms with Gasteiger partial charge in [0, 0.05) is 4.91 Å². The Labute approximate surface area is 86.0 Å². The summed E-state index contributed by atoms with van der Waals surface area (Å²) in [6.45, 7) is 1.97. The van der Waals surface area contributed by atoms with Crippen molar-refractivity contribution in [2.75, 3.05) is 5.75 Å². The molecule has 4 nitrogen and oxygen atoms in total. The lowest BCUT2D eigenvalue weighted by Gasteiger charge is -2.37. The summed E-state index contributed by atoms with van der Waals surface area (Å²) in [5.41, 5.74) is 0. The molecule has 0 aromatic carbocycles. The number of β-lactam (4-membered cyclic amide) rings is 1. The van der Waals surface area contributed by atoms with E-state index in [0.717, 1.165) is 10.7 Å². The number of hydrogen-bond acceptors (Lipinski definition) is 3. The lowest BCUT2D eigenvalue weighted by atomic mass is 10.0. The summed E-state index contributed by atoms with van der Waals surface area (Å²) >= 11 is 1.51. The van der Waals surface area contributed by atoms with Gasteiger partial charge >= 0.3 is 5.97 Å². The normalized spacial score (nSPS) is 29.6. The second-order valence-corrected chi connectivity index (χ2v) is 4.65. The molecule has 0 saturated carbocycles. The number of amides is 1. The minimum absolute atomic E-state index is 0.0395. The smallest absolute Gasteiger partial charge is 0.331 e. The number of carboxylic acid groups (broad SMARTS) is 1. The standard InChI is InChI=1S/C9H11NO3S/c1-2-14-6-3-5-4-7(11)10(5)8(6)9(12)13/h3,5,8H,2,4H2,1H3,(H,12,13)/t5?,8-/m1/s1. The lowest BCUT2D eigenvalue weighted by molar-refractivity contribution is -0.155. The maximum Gasteiger partial charge on any atom is 0.331 e. The average Bonchev–Trinajstić information content (AvgIpc) is 2.39. The van der Waals surface area contributed by atoms with Gasteiger partial charge in [-0.3, -0.25) is 4.79 Å². The van der Waals surface area contributed by atoms with Crippen LogP contribution in [0.3, 0.4) is 0 Å². The third-order valence-electron chi connectivity index (χ3n) is 2.48. The minimum atomic E-state index is -0.923. The van der Waals surface area contributed by atoms with Crippen LogP contribution in [0.5, 0.6) is 0 Å². The highest BCUT2D eigenvalue weighted by molar-refractivity contribution is 8.03. The molecule has 0 aromatic rings. The Morgan fingerprint density at radius 3 is 3.00 bits per heavy atom. The van der Waals surface area contributed by atoms with Gasteiger partial charge < -0.3 is 10.0 Å². The van der Waals surface area contributed by atoms with Crippen molar-refractivity contribution in [3.63, 3.8) is 0 Å². The van der Waals surface area contributed by atoms with Crippen LogP contribution in [-0.2, 0) is 9.59 Å². The first kappa shape index (κ1) is 9.58. The summed E-state index contributed by atoms with van der Waals surface area (Å²) < 4.78 is 0. The van der Waals surface area contributed by atoms with E-state index in [1.54, 1.807) is 0 Å². The Balaban J connectivity index is 2.20. The fourth-order valence-electron chi connectivity index (χ4n) is 1.88. The summed E-state index contributed by atoms with van der Waals surface area (Å²) in [5, 5.41) is 9.00. The molecule has 2 heterocycles. The van der Waals surface area contributed by atoms with Crippen LogP contribution >= 0.6 is 11.8 Å². The van der Waals surface area contributed by atoms with Crippen LogP contribution in [0.15, 0.2) is 11.0 Å². The number of carbonyl (C=O) groups is 2. The van der Waals surface area contributed by atoms with E-state index in [1.165, 1.54) is 16.7 Å². The number of carboxylic acids is 1. The van der Waals surface area contributed by atoms with Crippen LogP contribution in [0.4, 0.5) is 0 Å². The van der Waals surface area contributed by atoms with E-state index < -0.39 is 12.0 Å². The van der Waals surface area contributed by atoms with Crippen molar-refractivity contribution in [1.29, 1.82) is 0 Å². The number of fused-ring (bicyclic) bond motifs is 1. The summed E-state index contributed by atoms with van der Waals surface area (Å²) in [5.74, 6) is -0.136. The molecular weight excluding hydrogens is 202 g/mol. The molecule has 1 saturated heterocycles. The molecule has 0 aromatic heterocycles. The van der Waals surface area contributed by atoms with Crippen molar-refractivity contribution in [1.82, 2.24) is 4.90 Å². The van der Waals surface area contributed by atoms with Gasteiger partial charge in [-0.2, -0.15) is 0 Å². The van der Waals surface area contributed by atoms with E-state index in [1.807, 2.05) is 13.0 Å². The fraction of sp³-hybridized carbons (Fsp3) is 0.556. The van der Waals surface area contributed by atoms with Gasteiger partial charge in [0.05, 0.1) is 12.5 Å². The van der Waals surface area contributed by atoms with Crippen molar-refractivity contribution >= 4 is 23.6 Å². The largest absolute Gasteiger partial charge is 0.479 e. The van der Waals surface area contributed by atoms with Gasteiger partial charge in [0.2, 0.25) is 5.91 Å². The molecule has 5 heteroatoms. The minimum Gasteiger partial charge on any atom is -0.479 e. The zero-order valence-electron chi connectivity index (χ0n) is 7.77. The summed E-state index contributed by atoms with van der Waals surface area (Å²) in [6.07, 6.45) is 2.38. The zero-order chi connectivity index (χ0) is 10.3. The molecule has 1 unspecified atom stereocenters. The van der Waals surface area contributed by atoms with Gasteiger partial charge in [0.1, 0.15) is 0 Å². The van der Waals surface area contributed by atoms with Gasteiger partial charge in [-0.1, -0.05) is 6.92 Å². The average molecular weight is 213 g/mol. The van der Waals surface area contributed by atoms with E-state index in [-0.39, 0.29) is 11.9 Å². The molecule has 1 amide bonds. The Kier molecular flexibility index (Phi) is 2.26. The maximum absolute atomic E-state index is 11.2. The molecule has 0 bridgehead atoms. The van der Waals surface area contributed by atoms with Gasteiger partial charge in [-0.15, -0.1) is 11.8 Å². The highest BCUT2D eigenvalue weighted by Gasteiger charge is 2.49. The van der Waals surface area contributed by atoms with Crippen molar-refractivity contribution in [2.45, 2.75) is 25.4 Å². The molecule has 2 atom stereocenters. The molecule has 0 radical (unpaired) electrons. The lowest BCUT2D eigenvalue weighted by Crippen LogP contribution is -2.55. The molecule has 76 valence electrons. The third-order valence-corrected chi connectivity index (χ3v) is 3.46. The topological polar surface area (TPSA) is 57.6 Å². The first-order valence-electron chi connectivity index (χ1n) is 4.53. The molecule has 0 aliphatic carbocycles. The highest BCUT2D eigenvalue weighted by atomic mass is 32.2. The van der Waals surface area contributed by atoms with Crippen molar-refractivity contribution in [3.05, 3.63) is 11.0 Å². The fourth-order valence-corrected chi connectivity index (χ4v) is 2.84. The summed E-state index contributed by atoms with van der Waals surface area (Å²) in [4.78, 5) is 24.4. The van der Waals surface area contributed by atoms with Crippen LogP contribution in [0.25, 0.3) is 0 Å². The molecule has 1 fully saturated rings. The van der Waals surface area contributed by atoms with Crippen molar-refractivity contribution in [3.8, 4) is 0 Å². The maximum atomic E-state index is 11.2. The van der Waals surface area contributed by atoms with E-state index in [0.29, 0.717) is 6.42 Å². The molecule has 2 aliphatic rings. The first-order valence-corrected chi connectivity index (χ1v) is 5.52. The van der Waals surface area contributed by atoms with Crippen molar-refractivity contribution in [2.24, 2.45) is 0 Å². The van der Waals surface area contributed by atoms with Crippen LogP contribution < -0.4 is 0 Å². The van der Waals surface area contributed by atoms with Gasteiger partial charge in [-0.05, 0) is 11.8 Å². The van der Waals surface area contributed by atoms with Crippen LogP contribution in [0.1, 0.15) is 13.3 Å². The monoisotopic (exact) mass is 213 g/mol. The summed E-state index contributed by atoms with van der Waals surface area (Å²) in [7, 11) is 0. The van der Waals surface area contributed by atoms with E-state index in [9.17, 15) is 9.59 Å². The third kappa shape index (κ3) is 1.23. The number of aliphatic carboxylic acids is 1. The number of nitrogens with zero attached hydrogens (tertiary/aromatic N) is 1. The van der Waals surface area contributed by atoms with Crippen LogP contribution in [0, 0.1) is 0 Å². The summed E-state index contributed by atoms with van der Waals surface area (Å²) in [6, 6.07) is -0.677. The predicted octanol–water partition coefficient (Wildman–Crippen LogP) is 0.691. The second-order valence-electron chi connectivity index (χ2n) is 3.32. The van der Waals surface area contributed by atoms with E-state index in [2.05, 4.69) is 0 Å². The number of hydrogen-bond donors (Lipinski definition) is 1. The first-order chi connectivity index (χ1) is 6.65. The van der Waals surface area contributed by atoms with E-state index in [4.69, 9.17) is 5.11 Å². The van der Waals surface area contributed by atoms with E-state index >= 15 is 0 Å². The molecule has 2 rings (SSSR count). The Morgan fingerprint density at radius 1 is 1.79 bits per heavy atom. The quantitative estimate of drug-likeness (QED) is 0.701. The second kappa shape index (κ2) is 3.31. The molecule has 1 N–H and O–H groups in total. The van der Waals surface area contributed by atoms with Gasteiger partial charge in [0.15, 0.2) is 6.04 Å². The number of rotatable bonds is 3. The van der Waals surface area contributed by atoms with Gasteiger partial charge in [-0.25, -0.2) is 4.79 Å². The van der Waals surface area contributed by atoms with Gasteiger partial charge in [0.25, 0.3) is 0 Å². The molecule has 14 heavy (non-hydrogen) atoms. The van der Waals surface area contributed by atoms with Crippen LogP contribution in [0.2, 0.25) is 0 Å².